The fourth-order valence-electron chi connectivity index (χ4n) is 7.75. The summed E-state index contributed by atoms with van der Waals surface area (Å²) < 4.78 is 30.0. The number of hydrogen-bond donors (Lipinski definition) is 2. The number of fused-ring (bicyclic) bond motifs is 4. The van der Waals surface area contributed by atoms with E-state index in [4.69, 9.17) is 23.7 Å². The van der Waals surface area contributed by atoms with Crippen molar-refractivity contribution in [2.24, 2.45) is 0 Å². The Balaban J connectivity index is 1.66. The zero-order chi connectivity index (χ0) is 30.1. The van der Waals surface area contributed by atoms with Crippen LogP contribution in [0.1, 0.15) is 11.1 Å². The summed E-state index contributed by atoms with van der Waals surface area (Å²) in [5.74, 6) is 3.54. The van der Waals surface area contributed by atoms with Gasteiger partial charge in [0.15, 0.2) is 23.0 Å². The van der Waals surface area contributed by atoms with Crippen molar-refractivity contribution in [3.63, 3.8) is 0 Å². The molecule has 0 unspecified atom stereocenters. The van der Waals surface area contributed by atoms with Crippen molar-refractivity contribution in [1.29, 1.82) is 0 Å². The molecule has 2 aliphatic heterocycles. The topological polar surface area (TPSA) is 70.2 Å². The summed E-state index contributed by atoms with van der Waals surface area (Å²) in [6.07, 6.45) is 1.69. The van der Waals surface area contributed by atoms with Crippen molar-refractivity contribution in [3.05, 3.63) is 65.7 Å². The van der Waals surface area contributed by atoms with Gasteiger partial charge in [-0.05, 0) is 46.0 Å². The van der Waals surface area contributed by atoms with Gasteiger partial charge in [0, 0.05) is 51.3 Å². The fourth-order valence-corrected chi connectivity index (χ4v) is 7.75. The molecule has 222 valence electrons. The van der Waals surface area contributed by atoms with Crippen molar-refractivity contribution in [2.45, 2.75) is 12.8 Å². The van der Waals surface area contributed by atoms with E-state index in [9.17, 15) is 0 Å². The molecule has 0 spiro atoms. The van der Waals surface area contributed by atoms with Crippen molar-refractivity contribution < 1.29 is 23.7 Å². The van der Waals surface area contributed by atoms with Crippen LogP contribution < -0.4 is 34.3 Å². The maximum Gasteiger partial charge on any atom is 0.204 e. The number of ether oxygens (including phenoxy) is 5. The van der Waals surface area contributed by atoms with E-state index in [2.05, 4.69) is 65.2 Å². The largest absolute Gasteiger partial charge is 0.493 e. The number of nitrogens with one attached hydrogen (secondary N) is 2. The number of anilines is 2. The Morgan fingerprint density at radius 2 is 1.02 bits per heavy atom. The number of benzene rings is 6. The van der Waals surface area contributed by atoms with Gasteiger partial charge >= 0.3 is 0 Å². The first-order valence-electron chi connectivity index (χ1n) is 15.0. The minimum Gasteiger partial charge on any atom is -0.493 e. The molecular formula is C37H34N2O5. The van der Waals surface area contributed by atoms with Gasteiger partial charge in [-0.15, -0.1) is 0 Å². The monoisotopic (exact) mass is 586 g/mol. The predicted octanol–water partition coefficient (Wildman–Crippen LogP) is 7.95. The molecular weight excluding hydrogens is 552 g/mol. The van der Waals surface area contributed by atoms with Crippen molar-refractivity contribution in [1.82, 2.24) is 0 Å². The average Bonchev–Trinajstić information content (AvgIpc) is 3.08. The second-order valence-corrected chi connectivity index (χ2v) is 11.3. The first-order chi connectivity index (χ1) is 21.7. The molecule has 6 aromatic carbocycles. The van der Waals surface area contributed by atoms with Crippen molar-refractivity contribution >= 4 is 54.5 Å². The summed E-state index contributed by atoms with van der Waals surface area (Å²) in [4.78, 5) is 0. The quantitative estimate of drug-likeness (QED) is 0.192. The smallest absolute Gasteiger partial charge is 0.204 e. The van der Waals surface area contributed by atoms with E-state index in [0.717, 1.165) is 103 Å². The van der Waals surface area contributed by atoms with Crippen LogP contribution in [-0.2, 0) is 12.8 Å². The lowest BCUT2D eigenvalue weighted by atomic mass is 9.81. The maximum absolute atomic E-state index is 6.10. The molecule has 2 N–H and O–H groups in total. The molecule has 0 radical (unpaired) electrons. The minimum absolute atomic E-state index is 0.627. The molecule has 6 aromatic rings. The predicted molar refractivity (Wildman–Crippen MR) is 179 cm³/mol. The minimum atomic E-state index is 0.627. The standard InChI is InChI=1S/C37H34N2O5/c1-40-25-18-19-14-16-38-32-26(19)30(35(25)42-3)22-12-8-6-10-20(22)27(32)28-21-11-7-9-13-23(21)31-29-24(15-17-39-33(28)29)34(41-2)37(44-5)36(31)43-4/h6-13,18,38-39H,14-17H2,1-5H3. The number of methoxy groups -OCH3 is 5. The molecule has 7 heteroatoms. The SMILES string of the molecule is COc1cc2c3c(c(-c4c5c6c(c(OC)c(OC)c(OC)c6c6ccccc46)CCN5)c4ccccc4c3c1OC)NCC2. The van der Waals surface area contributed by atoms with Crippen LogP contribution in [0.5, 0.6) is 28.7 Å². The molecule has 0 bridgehead atoms. The zero-order valence-electron chi connectivity index (χ0n) is 25.6. The van der Waals surface area contributed by atoms with E-state index in [0.29, 0.717) is 11.5 Å². The Hall–Kier alpha value is -5.04. The Morgan fingerprint density at radius 3 is 1.59 bits per heavy atom. The number of rotatable bonds is 6. The summed E-state index contributed by atoms with van der Waals surface area (Å²) >= 11 is 0. The van der Waals surface area contributed by atoms with Crippen LogP contribution in [0.2, 0.25) is 0 Å². The van der Waals surface area contributed by atoms with E-state index >= 15 is 0 Å². The Labute approximate surface area is 255 Å². The first-order valence-corrected chi connectivity index (χ1v) is 15.0. The van der Waals surface area contributed by atoms with Crippen LogP contribution in [0.15, 0.2) is 54.6 Å². The van der Waals surface area contributed by atoms with Crippen LogP contribution in [0.25, 0.3) is 54.2 Å². The lowest BCUT2D eigenvalue weighted by Gasteiger charge is -2.31. The summed E-state index contributed by atoms with van der Waals surface area (Å²) in [6.45, 7) is 1.59. The lowest BCUT2D eigenvalue weighted by Crippen LogP contribution is -2.17. The highest BCUT2D eigenvalue weighted by Crippen LogP contribution is 2.58. The van der Waals surface area contributed by atoms with E-state index in [1.54, 1.807) is 35.5 Å². The van der Waals surface area contributed by atoms with Gasteiger partial charge in [-0.2, -0.15) is 0 Å². The highest BCUT2D eigenvalue weighted by molar-refractivity contribution is 6.31. The molecule has 0 aliphatic carbocycles. The van der Waals surface area contributed by atoms with E-state index < -0.39 is 0 Å². The molecule has 8 rings (SSSR count). The Kier molecular flexibility index (Phi) is 6.05. The van der Waals surface area contributed by atoms with E-state index in [1.165, 1.54) is 16.5 Å². The zero-order valence-corrected chi connectivity index (χ0v) is 25.6. The van der Waals surface area contributed by atoms with Gasteiger partial charge in [0.2, 0.25) is 5.75 Å². The molecule has 0 saturated heterocycles. The lowest BCUT2D eigenvalue weighted by molar-refractivity contribution is 0.325. The average molecular weight is 587 g/mol. The van der Waals surface area contributed by atoms with Gasteiger partial charge in [-0.1, -0.05) is 48.5 Å². The molecule has 0 atom stereocenters. The molecule has 7 nitrogen and oxygen atoms in total. The summed E-state index contributed by atoms with van der Waals surface area (Å²) in [5.41, 5.74) is 6.89. The van der Waals surface area contributed by atoms with Crippen LogP contribution in [0.4, 0.5) is 11.4 Å². The molecule has 44 heavy (non-hydrogen) atoms. The fraction of sp³-hybridized carbons (Fsp3) is 0.243. The van der Waals surface area contributed by atoms with Crippen LogP contribution in [-0.4, -0.2) is 48.6 Å². The van der Waals surface area contributed by atoms with Gasteiger partial charge in [0.25, 0.3) is 0 Å². The van der Waals surface area contributed by atoms with Crippen LogP contribution in [0, 0.1) is 0 Å². The summed E-state index contributed by atoms with van der Waals surface area (Å²) in [7, 11) is 8.51. The maximum atomic E-state index is 6.10. The third kappa shape index (κ3) is 3.38. The summed E-state index contributed by atoms with van der Waals surface area (Å²) in [6, 6.07) is 19.4. The first kappa shape index (κ1) is 26.6. The van der Waals surface area contributed by atoms with E-state index in [1.807, 2.05) is 0 Å². The van der Waals surface area contributed by atoms with Crippen molar-refractivity contribution in [3.8, 4) is 39.9 Å². The number of hydrogen-bond acceptors (Lipinski definition) is 7. The highest BCUT2D eigenvalue weighted by atomic mass is 16.5. The van der Waals surface area contributed by atoms with Crippen molar-refractivity contribution in [2.75, 3.05) is 59.3 Å². The highest BCUT2D eigenvalue weighted by Gasteiger charge is 2.33. The van der Waals surface area contributed by atoms with Gasteiger partial charge < -0.3 is 34.3 Å². The van der Waals surface area contributed by atoms with Crippen LogP contribution >= 0.6 is 0 Å². The molecule has 2 heterocycles. The van der Waals surface area contributed by atoms with Gasteiger partial charge in [-0.3, -0.25) is 0 Å². The second-order valence-electron chi connectivity index (χ2n) is 11.3. The second kappa shape index (κ2) is 10.0. The van der Waals surface area contributed by atoms with Gasteiger partial charge in [0.05, 0.1) is 46.9 Å². The molecule has 2 aliphatic rings. The normalized spacial score (nSPS) is 13.6. The molecule has 0 aromatic heterocycles. The third-order valence-electron chi connectivity index (χ3n) is 9.38. The summed E-state index contributed by atoms with van der Waals surface area (Å²) in [5, 5.41) is 16.6. The Morgan fingerprint density at radius 1 is 0.500 bits per heavy atom. The Bertz CT molecular complexity index is 2170. The van der Waals surface area contributed by atoms with Crippen LogP contribution in [0.3, 0.4) is 0 Å². The molecule has 0 saturated carbocycles. The van der Waals surface area contributed by atoms with E-state index in [-0.39, 0.29) is 0 Å². The third-order valence-corrected chi connectivity index (χ3v) is 9.38. The molecule has 0 amide bonds. The van der Waals surface area contributed by atoms with Gasteiger partial charge in [-0.25, -0.2) is 0 Å². The molecule has 0 fully saturated rings. The van der Waals surface area contributed by atoms with Gasteiger partial charge in [0.1, 0.15) is 0 Å².